The predicted octanol–water partition coefficient (Wildman–Crippen LogP) is 12.9. The van der Waals surface area contributed by atoms with Crippen LogP contribution in [0.15, 0.2) is 96.6 Å². The molecule has 0 saturated carbocycles. The van der Waals surface area contributed by atoms with Crippen LogP contribution in [0.1, 0.15) is 156 Å². The summed E-state index contributed by atoms with van der Waals surface area (Å²) in [5, 5.41) is 25.7. The van der Waals surface area contributed by atoms with Crippen molar-refractivity contribution < 1.29 is 19.4 Å². The lowest BCUT2D eigenvalue weighted by Gasteiger charge is -2.26. The number of aliphatic hydroxyl groups is 1. The van der Waals surface area contributed by atoms with Crippen LogP contribution in [-0.4, -0.2) is 75.7 Å². The number of carbonyl (C=O) groups is 2. The Bertz CT molecular complexity index is 2440. The van der Waals surface area contributed by atoms with Crippen LogP contribution >= 0.6 is 23.1 Å². The van der Waals surface area contributed by atoms with Gasteiger partial charge >= 0.3 is 0 Å². The van der Waals surface area contributed by atoms with Crippen molar-refractivity contribution in [1.29, 1.82) is 0 Å². The summed E-state index contributed by atoms with van der Waals surface area (Å²) in [6.07, 6.45) is 14.0. The molecule has 3 unspecified atom stereocenters. The van der Waals surface area contributed by atoms with Crippen molar-refractivity contribution in [1.82, 2.24) is 30.3 Å². The van der Waals surface area contributed by atoms with Crippen molar-refractivity contribution >= 4 is 45.9 Å². The van der Waals surface area contributed by atoms with Gasteiger partial charge in [0.1, 0.15) is 22.4 Å². The van der Waals surface area contributed by atoms with Crippen molar-refractivity contribution in [3.8, 4) is 5.00 Å². The number of thiophene rings is 1. The molecule has 72 heavy (non-hydrogen) atoms. The third kappa shape index (κ3) is 18.6. The number of thioether (sulfide) groups is 1. The highest BCUT2D eigenvalue weighted by molar-refractivity contribution is 8.07. The maximum Gasteiger partial charge on any atom is 0.231 e. The van der Waals surface area contributed by atoms with Gasteiger partial charge in [0.2, 0.25) is 12.3 Å². The van der Waals surface area contributed by atoms with Gasteiger partial charge in [0.25, 0.3) is 0 Å². The van der Waals surface area contributed by atoms with Gasteiger partial charge in [0.15, 0.2) is 0 Å². The number of aryl methyl sites for hydroxylation is 4. The van der Waals surface area contributed by atoms with E-state index in [1.807, 2.05) is 59.0 Å². The molecule has 2 amide bonds. The normalized spacial score (nSPS) is 14.4. The van der Waals surface area contributed by atoms with Gasteiger partial charge in [-0.1, -0.05) is 107 Å². The molecule has 0 aliphatic carbocycles. The molecule has 11 nitrogen and oxygen atoms in total. The predicted molar refractivity (Wildman–Crippen MR) is 306 cm³/mol. The van der Waals surface area contributed by atoms with Gasteiger partial charge in [0, 0.05) is 52.8 Å². The Kier molecular flexibility index (Phi) is 26.5. The molecule has 0 bridgehead atoms. The topological polar surface area (TPSA) is 148 Å². The number of aromatic nitrogens is 3. The standard InChI is InChI=1S/C23H41N3O3.C22H27N3S.C14H19NOS/c1-6-10-20(29-14-9-7-8-12-25-18(4)5)15-21(24)22(17(2)3)23(28)26-13-11-19(27)16-26;1-7-8-9-20-24-23-18(6)25(20)22-21(15(3)17(5)26-22)16(4)19-12-10-14(2)11-13-19;1-10(2)14(17-4)13-7-5-12(6-8-13)11(3)15-9-16/h10,15,17,19,22,25,27H,4,6-9,11-14,16,24H2,1-3,5H3;10-13H,4,7-9H2,1-3,5-6H3;5-9,11H,1-4H3,(H,15,16)/b20-10-,21-15-;;. The highest BCUT2D eigenvalue weighted by Gasteiger charge is 2.33. The molecule has 2 aromatic heterocycles. The van der Waals surface area contributed by atoms with E-state index in [2.05, 4.69) is 135 Å². The number of nitrogens with one attached hydrogen (secondary N) is 2. The minimum absolute atomic E-state index is 0.00818. The van der Waals surface area contributed by atoms with Crippen molar-refractivity contribution in [3.05, 3.63) is 146 Å². The third-order valence-corrected chi connectivity index (χ3v) is 14.8. The summed E-state index contributed by atoms with van der Waals surface area (Å²) in [5.41, 5.74) is 17.6. The molecule has 0 spiro atoms. The number of likely N-dealkylation sites (tertiary alicyclic amines) is 1. The van der Waals surface area contributed by atoms with Crippen LogP contribution in [0.3, 0.4) is 0 Å². The summed E-state index contributed by atoms with van der Waals surface area (Å²) in [6.45, 7) is 35.8. The zero-order valence-electron chi connectivity index (χ0n) is 45.9. The molecule has 3 atom stereocenters. The largest absolute Gasteiger partial charge is 0.494 e. The summed E-state index contributed by atoms with van der Waals surface area (Å²) in [7, 11) is 0. The first-order chi connectivity index (χ1) is 34.3. The first kappa shape index (κ1) is 60.9. The molecule has 5 N–H and O–H groups in total. The zero-order chi connectivity index (χ0) is 53.5. The van der Waals surface area contributed by atoms with Gasteiger partial charge in [-0.15, -0.1) is 33.3 Å². The minimum Gasteiger partial charge on any atom is -0.494 e. The number of rotatable bonds is 24. The number of ether oxygens (including phenoxy) is 1. The Hall–Kier alpha value is -5.37. The fourth-order valence-electron chi connectivity index (χ4n) is 8.38. The molecule has 394 valence electrons. The fourth-order valence-corrected chi connectivity index (χ4v) is 10.4. The molecule has 2 aromatic carbocycles. The van der Waals surface area contributed by atoms with E-state index in [1.54, 1.807) is 22.7 Å². The Morgan fingerprint density at radius 2 is 1.64 bits per heavy atom. The summed E-state index contributed by atoms with van der Waals surface area (Å²) in [5.74, 6) is 2.37. The maximum absolute atomic E-state index is 12.9. The van der Waals surface area contributed by atoms with E-state index < -0.39 is 12.0 Å². The molecule has 4 aromatic rings. The van der Waals surface area contributed by atoms with Crippen molar-refractivity contribution in [3.63, 3.8) is 0 Å². The van der Waals surface area contributed by atoms with Crippen molar-refractivity contribution in [2.75, 3.05) is 32.5 Å². The van der Waals surface area contributed by atoms with Crippen LogP contribution in [0.4, 0.5) is 0 Å². The number of hydrogen-bond acceptors (Lipinski definition) is 10. The summed E-state index contributed by atoms with van der Waals surface area (Å²) < 4.78 is 8.17. The molecule has 1 aliphatic rings. The van der Waals surface area contributed by atoms with Crippen LogP contribution < -0.4 is 16.4 Å². The molecule has 0 radical (unpaired) electrons. The third-order valence-electron chi connectivity index (χ3n) is 12.6. The van der Waals surface area contributed by atoms with Crippen LogP contribution in [0, 0.1) is 39.5 Å². The van der Waals surface area contributed by atoms with Crippen molar-refractivity contribution in [2.24, 2.45) is 17.6 Å². The second kappa shape index (κ2) is 31.3. The highest BCUT2D eigenvalue weighted by atomic mass is 32.2. The lowest BCUT2D eigenvalue weighted by Crippen LogP contribution is -2.39. The quantitative estimate of drug-likeness (QED) is 0.0233. The first-order valence-electron chi connectivity index (χ1n) is 25.7. The zero-order valence-corrected chi connectivity index (χ0v) is 47.5. The lowest BCUT2D eigenvalue weighted by atomic mass is 9.90. The number of hydrogen-bond donors (Lipinski definition) is 4. The minimum atomic E-state index is -0.429. The number of unbranched alkanes of at least 4 members (excludes halogenated alkanes) is 3. The number of β-amino-alcohol motifs (C(OH)–C–C–N with tert-alkyl or cyclic N) is 1. The van der Waals surface area contributed by atoms with E-state index in [0.29, 0.717) is 31.8 Å². The summed E-state index contributed by atoms with van der Waals surface area (Å²) >= 11 is 3.57. The van der Waals surface area contributed by atoms with Crippen LogP contribution in [0.2, 0.25) is 0 Å². The van der Waals surface area contributed by atoms with Gasteiger partial charge < -0.3 is 31.1 Å². The van der Waals surface area contributed by atoms with Gasteiger partial charge in [0.05, 0.1) is 24.7 Å². The molecule has 1 aliphatic heterocycles. The maximum atomic E-state index is 12.9. The number of nitrogens with zero attached hydrogens (tertiary/aromatic N) is 4. The number of carbonyl (C=O) groups excluding carboxylic acids is 2. The molecule has 5 rings (SSSR count). The van der Waals surface area contributed by atoms with E-state index in [0.717, 1.165) is 92.1 Å². The lowest BCUT2D eigenvalue weighted by molar-refractivity contribution is -0.134. The molecule has 13 heteroatoms. The van der Waals surface area contributed by atoms with Crippen LogP contribution in [0.25, 0.3) is 15.5 Å². The second-order valence-electron chi connectivity index (χ2n) is 19.3. The molecule has 1 saturated heterocycles. The van der Waals surface area contributed by atoms with Crippen LogP contribution in [-0.2, 0) is 20.7 Å². The van der Waals surface area contributed by atoms with E-state index >= 15 is 0 Å². The Morgan fingerprint density at radius 1 is 0.972 bits per heavy atom. The number of aliphatic hydroxyl groups excluding tert-OH is 1. The summed E-state index contributed by atoms with van der Waals surface area (Å²) in [6, 6.07) is 17.0. The Balaban J connectivity index is 0.000000295. The fraction of sp³-hybridized carbons (Fsp3) is 0.492. The Morgan fingerprint density at radius 3 is 2.19 bits per heavy atom. The molecule has 3 heterocycles. The number of benzene rings is 2. The average Bonchev–Trinajstić information content (AvgIpc) is 4.03. The smallest absolute Gasteiger partial charge is 0.231 e. The monoisotopic (exact) mass is 1020 g/mol. The molecular formula is C59H87N7O4S2. The van der Waals surface area contributed by atoms with Gasteiger partial charge in [-0.2, -0.15) is 0 Å². The second-order valence-corrected chi connectivity index (χ2v) is 21.3. The number of amides is 2. The summed E-state index contributed by atoms with van der Waals surface area (Å²) in [4.78, 5) is 27.7. The van der Waals surface area contributed by atoms with Gasteiger partial charge in [-0.25, -0.2) is 0 Å². The van der Waals surface area contributed by atoms with Crippen molar-refractivity contribution in [2.45, 2.75) is 147 Å². The molecular weight excluding hydrogens is 935 g/mol. The number of nitrogens with two attached hydrogens (primary N) is 1. The average molecular weight is 1020 g/mol. The van der Waals surface area contributed by atoms with E-state index in [-0.39, 0.29) is 17.9 Å². The van der Waals surface area contributed by atoms with E-state index in [1.165, 1.54) is 48.2 Å². The highest BCUT2D eigenvalue weighted by Crippen LogP contribution is 2.39. The SMILES string of the molecule is C=C(C)NCCCCCOC(=C\CC)/C=C(\N)C(C(=O)N1CCC(O)C1)C(C)C.C=C(c1ccc(C)cc1)c1c(-n2c(C)nnc2CCCC)sc(C)c1C.CSC(=C(C)C)c1ccc(C(C)NC=O)cc1. The Labute approximate surface area is 441 Å². The number of allylic oxidation sites excluding steroid dienone is 4. The van der Waals surface area contributed by atoms with Gasteiger partial charge in [-0.3, -0.25) is 14.2 Å². The molecule has 1 fully saturated rings. The van der Waals surface area contributed by atoms with E-state index in [4.69, 9.17) is 10.5 Å². The first-order valence-corrected chi connectivity index (χ1v) is 27.8. The van der Waals surface area contributed by atoms with Gasteiger partial charge in [-0.05, 0) is 146 Å². The van der Waals surface area contributed by atoms with E-state index in [9.17, 15) is 14.7 Å². The van der Waals surface area contributed by atoms with Crippen LogP contribution in [0.5, 0.6) is 0 Å².